The number of hydrogen-bond donors (Lipinski definition) is 2. The van der Waals surface area contributed by atoms with E-state index in [-0.39, 0.29) is 102 Å². The summed E-state index contributed by atoms with van der Waals surface area (Å²) in [6.45, 7) is 3.34. The number of nitrogens with zero attached hydrogens (tertiary/aromatic N) is 4. The number of thiophene rings is 1. The number of aliphatic carboxylic acids is 3. The Balaban J connectivity index is 0.00000625. The molecule has 0 saturated carbocycles. The van der Waals surface area contributed by atoms with Crippen molar-refractivity contribution in [3.8, 4) is 0 Å². The second-order valence-electron chi connectivity index (χ2n) is 11.7. The van der Waals surface area contributed by atoms with E-state index in [0.717, 1.165) is 11.2 Å². The van der Waals surface area contributed by atoms with Crippen LogP contribution in [-0.2, 0) is 24.0 Å². The van der Waals surface area contributed by atoms with Gasteiger partial charge >= 0.3 is 25.8 Å². The van der Waals surface area contributed by atoms with E-state index in [2.05, 4.69) is 5.32 Å². The molecule has 1 saturated heterocycles. The molecule has 2 atom stereocenters. The second kappa shape index (κ2) is 23.1. The first-order valence-electron chi connectivity index (χ1n) is 15.9. The molecule has 270 valence electrons. The summed E-state index contributed by atoms with van der Waals surface area (Å²) in [7, 11) is 0. The van der Waals surface area contributed by atoms with Crippen molar-refractivity contribution in [2.75, 3.05) is 78.5 Å². The van der Waals surface area contributed by atoms with E-state index in [9.17, 15) is 44.1 Å². The number of hydrogen-bond acceptors (Lipinski definition) is 14. The summed E-state index contributed by atoms with van der Waals surface area (Å²) in [5.41, 5.74) is 0.566. The Morgan fingerprint density at radius 1 is 0.860 bits per heavy atom. The van der Waals surface area contributed by atoms with Crippen molar-refractivity contribution in [1.29, 1.82) is 0 Å². The van der Waals surface area contributed by atoms with E-state index in [1.807, 2.05) is 11.0 Å². The molecule has 17 heteroatoms. The number of carboxylic acid groups (broad SMARTS) is 3. The average Bonchev–Trinajstić information content (AvgIpc) is 3.54. The molecular weight excluding hydrogens is 728 g/mol. The molecule has 15 nitrogen and oxygen atoms in total. The molecule has 50 heavy (non-hydrogen) atoms. The van der Waals surface area contributed by atoms with Gasteiger partial charge in [0.1, 0.15) is 12.3 Å². The Labute approximate surface area is 308 Å². The number of carboxylic acids is 3. The molecule has 2 unspecified atom stereocenters. The smallest absolute Gasteiger partial charge is 0.870 e. The Morgan fingerprint density at radius 3 is 1.94 bits per heavy atom. The van der Waals surface area contributed by atoms with Crippen LogP contribution in [0.3, 0.4) is 0 Å². The van der Waals surface area contributed by atoms with Crippen molar-refractivity contribution in [3.05, 3.63) is 57.8 Å². The molecule has 1 aromatic heterocycles. The maximum Gasteiger partial charge on any atom is 3.00 e. The zero-order valence-corrected chi connectivity index (χ0v) is 31.3. The molecular formula is C33H44GaN5O10S. The standard InChI is InChI=1S/C33H45N5O9S.Ga.H2O/c1-24(27-9-10-28(48-27)31(44)25-6-3-2-4-7-25)32(45)34-11-5-8-26(33(46)47)38-18-16-35(20-21-39)12-13-36(22-29(40)41)14-15-37(17-19-38)23-30(42)43;;/h2-4,6-7,9-10,21,24,26H,5,8,11-20,22-23H2,1H3,(H,34,45)(H,40,41)(H,42,43)(H,46,47);;1H2/q;+3;/p-3. The fraction of sp³-hybridized carbons (Fsp3) is 0.515. The van der Waals surface area contributed by atoms with Crippen LogP contribution in [0.5, 0.6) is 0 Å². The number of rotatable bonds is 16. The van der Waals surface area contributed by atoms with Crippen LogP contribution >= 0.6 is 11.3 Å². The molecule has 1 fully saturated rings. The summed E-state index contributed by atoms with van der Waals surface area (Å²) in [4.78, 5) is 80.2. The van der Waals surface area contributed by atoms with E-state index in [4.69, 9.17) is 0 Å². The summed E-state index contributed by atoms with van der Waals surface area (Å²) >= 11 is 1.26. The maximum absolute atomic E-state index is 12.9. The van der Waals surface area contributed by atoms with Gasteiger partial charge < -0.3 is 40.5 Å². The van der Waals surface area contributed by atoms with Gasteiger partial charge in [-0.1, -0.05) is 30.3 Å². The monoisotopic (exact) mass is 771 g/mol. The van der Waals surface area contributed by atoms with E-state index in [0.29, 0.717) is 30.0 Å². The Bertz CT molecular complexity index is 1400. The van der Waals surface area contributed by atoms with Crippen LogP contribution in [0.25, 0.3) is 0 Å². The number of carbonyl (C=O) groups is 6. The van der Waals surface area contributed by atoms with Gasteiger partial charge in [0.25, 0.3) is 0 Å². The van der Waals surface area contributed by atoms with Gasteiger partial charge in [-0.2, -0.15) is 0 Å². The largest absolute Gasteiger partial charge is 3.00 e. The van der Waals surface area contributed by atoms with Crippen molar-refractivity contribution >= 4 is 67.0 Å². The average molecular weight is 773 g/mol. The van der Waals surface area contributed by atoms with Gasteiger partial charge in [0.15, 0.2) is 0 Å². The van der Waals surface area contributed by atoms with Crippen molar-refractivity contribution in [2.45, 2.75) is 31.7 Å². The third-order valence-electron chi connectivity index (χ3n) is 8.30. The zero-order valence-electron chi connectivity index (χ0n) is 28.1. The SMILES string of the molecule is CC(C(=O)NCCCC(C(=O)O)N1CCN(CC=O)CCN(CC(=O)[O-])CCN(CC(=O)[O-])CC1)c1ccc(C(=O)c2ccccc2)s1.[Ga+3].[OH-]. The fourth-order valence-corrected chi connectivity index (χ4v) is 6.55. The van der Waals surface area contributed by atoms with Crippen molar-refractivity contribution < 1.29 is 49.6 Å². The first-order valence-corrected chi connectivity index (χ1v) is 16.7. The third-order valence-corrected chi connectivity index (χ3v) is 9.56. The topological polar surface area (TPSA) is 224 Å². The van der Waals surface area contributed by atoms with Crippen LogP contribution in [0.4, 0.5) is 0 Å². The first-order chi connectivity index (χ1) is 23.0. The Morgan fingerprint density at radius 2 is 1.40 bits per heavy atom. The second-order valence-corrected chi connectivity index (χ2v) is 12.8. The zero-order chi connectivity index (χ0) is 35.1. The summed E-state index contributed by atoms with van der Waals surface area (Å²) in [5, 5.41) is 35.7. The van der Waals surface area contributed by atoms with Gasteiger partial charge in [-0.05, 0) is 31.9 Å². The van der Waals surface area contributed by atoms with Gasteiger partial charge in [0, 0.05) is 82.4 Å². The normalized spacial score (nSPS) is 16.7. The first kappa shape index (κ1) is 44.6. The minimum atomic E-state index is -1.31. The Hall–Kier alpha value is -3.42. The van der Waals surface area contributed by atoms with Crippen molar-refractivity contribution in [3.63, 3.8) is 0 Å². The fourth-order valence-electron chi connectivity index (χ4n) is 5.52. The summed E-state index contributed by atoms with van der Waals surface area (Å²) in [6.07, 6.45) is 1.29. The van der Waals surface area contributed by atoms with E-state index in [1.165, 1.54) is 11.3 Å². The molecule has 1 amide bonds. The molecule has 1 aliphatic rings. The Kier molecular flexibility index (Phi) is 20.6. The molecule has 3 rings (SSSR count). The van der Waals surface area contributed by atoms with Crippen LogP contribution in [0.1, 0.15) is 45.8 Å². The minimum absolute atomic E-state index is 0. The molecule has 2 heterocycles. The molecule has 0 radical (unpaired) electrons. The predicted molar refractivity (Wildman–Crippen MR) is 181 cm³/mol. The van der Waals surface area contributed by atoms with Crippen LogP contribution in [0, 0.1) is 0 Å². The molecule has 1 aromatic carbocycles. The molecule has 3 N–H and O–H groups in total. The number of nitrogens with one attached hydrogen (secondary N) is 1. The number of ketones is 1. The minimum Gasteiger partial charge on any atom is -0.870 e. The summed E-state index contributed by atoms with van der Waals surface area (Å²) in [5.74, 6) is -4.52. The van der Waals surface area contributed by atoms with Gasteiger partial charge in [0.05, 0.1) is 29.3 Å². The summed E-state index contributed by atoms with van der Waals surface area (Å²) < 4.78 is 0. The number of carbonyl (C=O) groups excluding carboxylic acids is 5. The van der Waals surface area contributed by atoms with Gasteiger partial charge in [-0.15, -0.1) is 11.3 Å². The van der Waals surface area contributed by atoms with Crippen LogP contribution in [0.2, 0.25) is 0 Å². The van der Waals surface area contributed by atoms with Gasteiger partial charge in [-0.3, -0.25) is 34.0 Å². The van der Waals surface area contributed by atoms with Gasteiger partial charge in [0.2, 0.25) is 11.7 Å². The number of benzene rings is 1. The maximum atomic E-state index is 12.9. The van der Waals surface area contributed by atoms with Crippen LogP contribution < -0.4 is 15.5 Å². The van der Waals surface area contributed by atoms with E-state index >= 15 is 0 Å². The van der Waals surface area contributed by atoms with Gasteiger partial charge in [-0.25, -0.2) is 0 Å². The molecule has 2 aromatic rings. The predicted octanol–water partition coefficient (Wildman–Crippen LogP) is -2.21. The third kappa shape index (κ3) is 14.8. The van der Waals surface area contributed by atoms with Crippen LogP contribution in [-0.4, -0.2) is 170 Å². The van der Waals surface area contributed by atoms with Crippen molar-refractivity contribution in [2.24, 2.45) is 0 Å². The van der Waals surface area contributed by atoms with E-state index in [1.54, 1.807) is 58.0 Å². The molecule has 1 aliphatic heterocycles. The van der Waals surface area contributed by atoms with Crippen molar-refractivity contribution in [1.82, 2.24) is 24.9 Å². The number of aldehydes is 1. The molecule has 0 aliphatic carbocycles. The summed E-state index contributed by atoms with van der Waals surface area (Å²) in [6, 6.07) is 11.4. The van der Waals surface area contributed by atoms with E-state index < -0.39 is 36.4 Å². The quantitative estimate of drug-likeness (QED) is 0.0800. The molecule has 0 bridgehead atoms. The number of amides is 1. The van der Waals surface area contributed by atoms with Crippen LogP contribution in [0.15, 0.2) is 42.5 Å². The molecule has 0 spiro atoms.